The molecule has 2 aliphatic rings. The minimum Gasteiger partial charge on any atom is -0.486 e. The van der Waals surface area contributed by atoms with Crippen LogP contribution in [0.5, 0.6) is 11.5 Å². The van der Waals surface area contributed by atoms with Crippen molar-refractivity contribution >= 4 is 5.91 Å². The van der Waals surface area contributed by atoms with Crippen molar-refractivity contribution in [1.29, 1.82) is 0 Å². The Hall–Kier alpha value is -2.59. The summed E-state index contributed by atoms with van der Waals surface area (Å²) < 4.78 is 11.2. The van der Waals surface area contributed by atoms with Gasteiger partial charge in [0.15, 0.2) is 17.2 Å². The van der Waals surface area contributed by atoms with Gasteiger partial charge in [0, 0.05) is 32.2 Å². The molecule has 1 atom stereocenters. The normalized spacial score (nSPS) is 17.1. The highest BCUT2D eigenvalue weighted by molar-refractivity contribution is 5.77. The highest BCUT2D eigenvalue weighted by Crippen LogP contribution is 2.38. The predicted molar refractivity (Wildman–Crippen MR) is 99.5 cm³/mol. The number of aliphatic hydroxyl groups is 1. The van der Waals surface area contributed by atoms with E-state index < -0.39 is 5.66 Å². The summed E-state index contributed by atoms with van der Waals surface area (Å²) in [5, 5.41) is 17.6. The van der Waals surface area contributed by atoms with Crippen molar-refractivity contribution in [3.63, 3.8) is 0 Å². The topological polar surface area (TPSA) is 83.7 Å². The zero-order valence-corrected chi connectivity index (χ0v) is 15.6. The van der Waals surface area contributed by atoms with Crippen molar-refractivity contribution in [3.8, 4) is 23.8 Å². The van der Waals surface area contributed by atoms with Crippen molar-refractivity contribution < 1.29 is 19.4 Å². The van der Waals surface area contributed by atoms with Gasteiger partial charge in [0.05, 0.1) is 12.6 Å². The van der Waals surface area contributed by atoms with E-state index in [0.29, 0.717) is 50.4 Å². The van der Waals surface area contributed by atoms with E-state index in [4.69, 9.17) is 15.9 Å². The van der Waals surface area contributed by atoms with Crippen LogP contribution in [-0.2, 0) is 4.79 Å². The van der Waals surface area contributed by atoms with E-state index in [1.54, 1.807) is 4.90 Å². The van der Waals surface area contributed by atoms with Crippen LogP contribution < -0.4 is 9.47 Å². The molecule has 2 aliphatic heterocycles. The van der Waals surface area contributed by atoms with Gasteiger partial charge in [0.2, 0.25) is 5.91 Å². The Morgan fingerprint density at radius 2 is 2.07 bits per heavy atom. The zero-order chi connectivity index (χ0) is 19.3. The molecule has 1 aromatic rings. The summed E-state index contributed by atoms with van der Waals surface area (Å²) in [5.41, 5.74) is 0.455. The van der Waals surface area contributed by atoms with E-state index in [-0.39, 0.29) is 25.1 Å². The summed E-state index contributed by atoms with van der Waals surface area (Å²) in [6, 6.07) is 5.49. The lowest BCUT2D eigenvalue weighted by atomic mass is 10.0. The molecule has 144 valence electrons. The molecule has 0 saturated carbocycles. The fraction of sp³-hybridized carbons (Fsp3) is 0.550. The fourth-order valence-corrected chi connectivity index (χ4v) is 3.26. The Morgan fingerprint density at radius 1 is 1.33 bits per heavy atom. The molecule has 27 heavy (non-hydrogen) atoms. The standard InChI is InChI=1S/C20H25N3O4/c1-3-4-8-20(21-22-20)9-7-19(25)23(10-11-24)15(2)16-5-6-17-18(14-16)27-13-12-26-17/h1,5-6,14-15,24H,4,7-13H2,2H3. The van der Waals surface area contributed by atoms with Crippen LogP contribution in [0.25, 0.3) is 0 Å². The summed E-state index contributed by atoms with van der Waals surface area (Å²) >= 11 is 0. The van der Waals surface area contributed by atoms with Crippen LogP contribution >= 0.6 is 0 Å². The highest BCUT2D eigenvalue weighted by Gasteiger charge is 2.40. The van der Waals surface area contributed by atoms with E-state index in [1.807, 2.05) is 25.1 Å². The van der Waals surface area contributed by atoms with Crippen LogP contribution in [0.3, 0.4) is 0 Å². The summed E-state index contributed by atoms with van der Waals surface area (Å²) in [7, 11) is 0. The molecule has 2 heterocycles. The monoisotopic (exact) mass is 371 g/mol. The Labute approximate surface area is 159 Å². The van der Waals surface area contributed by atoms with Gasteiger partial charge < -0.3 is 19.5 Å². The first kappa shape index (κ1) is 19.2. The largest absolute Gasteiger partial charge is 0.486 e. The van der Waals surface area contributed by atoms with Crippen molar-refractivity contribution in [2.75, 3.05) is 26.4 Å². The predicted octanol–water partition coefficient (Wildman–Crippen LogP) is 2.70. The number of carbonyl (C=O) groups excluding carboxylic acids is 1. The molecule has 3 rings (SSSR count). The Balaban J connectivity index is 1.65. The molecule has 7 heteroatoms. The molecule has 1 N–H and O–H groups in total. The van der Waals surface area contributed by atoms with Crippen molar-refractivity contribution in [1.82, 2.24) is 4.90 Å². The zero-order valence-electron chi connectivity index (χ0n) is 15.6. The smallest absolute Gasteiger partial charge is 0.223 e. The van der Waals surface area contributed by atoms with E-state index in [2.05, 4.69) is 16.1 Å². The molecule has 0 aliphatic carbocycles. The second kappa shape index (κ2) is 8.40. The molecular weight excluding hydrogens is 346 g/mol. The summed E-state index contributed by atoms with van der Waals surface area (Å²) in [5.74, 6) is 3.95. The molecule has 0 radical (unpaired) electrons. The number of carbonyl (C=O) groups is 1. The van der Waals surface area contributed by atoms with Crippen LogP contribution in [0, 0.1) is 12.3 Å². The molecular formula is C20H25N3O4. The van der Waals surface area contributed by atoms with E-state index >= 15 is 0 Å². The average Bonchev–Trinajstić information content (AvgIpc) is 3.48. The summed E-state index contributed by atoms with van der Waals surface area (Å²) in [6.45, 7) is 3.15. The van der Waals surface area contributed by atoms with E-state index in [9.17, 15) is 9.90 Å². The lowest BCUT2D eigenvalue weighted by Gasteiger charge is -2.30. The molecule has 7 nitrogen and oxygen atoms in total. The van der Waals surface area contributed by atoms with Crippen molar-refractivity contribution in [2.24, 2.45) is 10.2 Å². The number of terminal acetylenes is 1. The fourth-order valence-electron chi connectivity index (χ4n) is 3.26. The van der Waals surface area contributed by atoms with Crippen LogP contribution in [0.1, 0.15) is 44.2 Å². The third-order valence-electron chi connectivity index (χ3n) is 4.97. The lowest BCUT2D eigenvalue weighted by Crippen LogP contribution is -2.36. The number of hydrogen-bond donors (Lipinski definition) is 1. The van der Waals surface area contributed by atoms with E-state index in [0.717, 1.165) is 5.56 Å². The minimum atomic E-state index is -0.479. The van der Waals surface area contributed by atoms with Gasteiger partial charge in [-0.3, -0.25) is 4.79 Å². The molecule has 0 spiro atoms. The van der Waals surface area contributed by atoms with Crippen LogP contribution in [0.2, 0.25) is 0 Å². The van der Waals surface area contributed by atoms with Gasteiger partial charge in [-0.1, -0.05) is 6.07 Å². The van der Waals surface area contributed by atoms with Gasteiger partial charge in [-0.15, -0.1) is 12.3 Å². The number of nitrogens with zero attached hydrogens (tertiary/aromatic N) is 3. The molecule has 0 aromatic heterocycles. The van der Waals surface area contributed by atoms with Gasteiger partial charge in [0.1, 0.15) is 13.2 Å². The van der Waals surface area contributed by atoms with Gasteiger partial charge in [-0.05, 0) is 24.6 Å². The molecule has 1 amide bonds. The number of hydrogen-bond acceptors (Lipinski definition) is 6. The molecule has 0 saturated heterocycles. The number of fused-ring (bicyclic) bond motifs is 1. The first-order valence-electron chi connectivity index (χ1n) is 9.26. The number of benzene rings is 1. The second-order valence-corrected chi connectivity index (χ2v) is 6.78. The molecule has 1 unspecified atom stereocenters. The second-order valence-electron chi connectivity index (χ2n) is 6.78. The number of rotatable bonds is 9. The van der Waals surface area contributed by atoms with Gasteiger partial charge in [-0.2, -0.15) is 10.2 Å². The van der Waals surface area contributed by atoms with Gasteiger partial charge in [0.25, 0.3) is 0 Å². The molecule has 1 aromatic carbocycles. The summed E-state index contributed by atoms with van der Waals surface area (Å²) in [4.78, 5) is 14.5. The number of amides is 1. The van der Waals surface area contributed by atoms with Crippen LogP contribution in [-0.4, -0.2) is 47.9 Å². The first-order valence-corrected chi connectivity index (χ1v) is 9.26. The third kappa shape index (κ3) is 4.58. The maximum Gasteiger partial charge on any atom is 0.223 e. The molecule has 0 fully saturated rings. The highest BCUT2D eigenvalue weighted by atomic mass is 16.6. The number of ether oxygens (including phenoxy) is 2. The van der Waals surface area contributed by atoms with Crippen LogP contribution in [0.4, 0.5) is 0 Å². The van der Waals surface area contributed by atoms with Crippen LogP contribution in [0.15, 0.2) is 28.4 Å². The average molecular weight is 371 g/mol. The lowest BCUT2D eigenvalue weighted by molar-refractivity contribution is -0.134. The van der Waals surface area contributed by atoms with Crippen molar-refractivity contribution in [2.45, 2.75) is 44.3 Å². The van der Waals surface area contributed by atoms with Crippen molar-refractivity contribution in [3.05, 3.63) is 23.8 Å². The van der Waals surface area contributed by atoms with Gasteiger partial charge >= 0.3 is 0 Å². The van der Waals surface area contributed by atoms with E-state index in [1.165, 1.54) is 0 Å². The maximum atomic E-state index is 12.8. The molecule has 0 bridgehead atoms. The number of aliphatic hydroxyl groups excluding tert-OH is 1. The van der Waals surface area contributed by atoms with Gasteiger partial charge in [-0.25, -0.2) is 0 Å². The quantitative estimate of drug-likeness (QED) is 0.677. The maximum absolute atomic E-state index is 12.8. The first-order chi connectivity index (χ1) is 13.1. The minimum absolute atomic E-state index is 0.0381. The Morgan fingerprint density at radius 3 is 2.74 bits per heavy atom. The SMILES string of the molecule is C#CCCC1(CCC(=O)N(CCO)C(C)c2ccc3c(c2)OCCO3)N=N1. The Kier molecular flexibility index (Phi) is 5.97. The Bertz CT molecular complexity index is 750. The summed E-state index contributed by atoms with van der Waals surface area (Å²) in [6.07, 6.45) is 7.43. The third-order valence-corrected chi connectivity index (χ3v) is 4.97.